The molecular weight excluding hydrogens is 451 g/mol. The van der Waals surface area contributed by atoms with E-state index in [0.29, 0.717) is 20.8 Å². The van der Waals surface area contributed by atoms with Crippen LogP contribution in [-0.2, 0) is 16.5 Å². The van der Waals surface area contributed by atoms with E-state index in [1.54, 1.807) is 18.4 Å². The lowest BCUT2D eigenvalue weighted by Gasteiger charge is -2.11. The molecule has 0 aliphatic rings. The maximum atomic E-state index is 12.4. The molecule has 0 amide bonds. The largest absolute Gasteiger partial charge is 0.396 e. The lowest BCUT2D eigenvalue weighted by Crippen LogP contribution is -2.14. The van der Waals surface area contributed by atoms with E-state index in [-0.39, 0.29) is 17.4 Å². The van der Waals surface area contributed by atoms with Gasteiger partial charge in [0.15, 0.2) is 5.16 Å². The molecule has 0 unspecified atom stereocenters. The summed E-state index contributed by atoms with van der Waals surface area (Å²) in [5.74, 6) is -0.0195. The van der Waals surface area contributed by atoms with E-state index in [4.69, 9.17) is 9.29 Å². The first-order valence-corrected chi connectivity index (χ1v) is 10.3. The molecule has 2 rings (SSSR count). The standard InChI is InChI=1S/C14H15IN2O4S2/c1-9-3-5-10(6-4-9)23(19,20)21-13-12(15)11(7-8-18)16-14(17-13)22-2/h3-6,18H,7-8H2,1-2H3. The van der Waals surface area contributed by atoms with Crippen LogP contribution in [0.3, 0.4) is 0 Å². The van der Waals surface area contributed by atoms with Gasteiger partial charge >= 0.3 is 10.1 Å². The third-order valence-corrected chi connectivity index (χ3v) is 5.76. The molecule has 6 nitrogen and oxygen atoms in total. The van der Waals surface area contributed by atoms with Crippen LogP contribution in [0.4, 0.5) is 0 Å². The molecule has 1 N–H and O–H groups in total. The van der Waals surface area contributed by atoms with E-state index >= 15 is 0 Å². The maximum absolute atomic E-state index is 12.4. The number of benzene rings is 1. The van der Waals surface area contributed by atoms with Crippen molar-refractivity contribution >= 4 is 44.5 Å². The molecule has 2 aromatic rings. The maximum Gasteiger partial charge on any atom is 0.340 e. The van der Waals surface area contributed by atoms with Crippen molar-refractivity contribution < 1.29 is 17.7 Å². The Morgan fingerprint density at radius 1 is 1.26 bits per heavy atom. The molecule has 0 aliphatic heterocycles. The topological polar surface area (TPSA) is 89.4 Å². The predicted molar refractivity (Wildman–Crippen MR) is 96.3 cm³/mol. The number of halogens is 1. The molecule has 1 heterocycles. The van der Waals surface area contributed by atoms with E-state index in [0.717, 1.165) is 5.56 Å². The fourth-order valence-electron chi connectivity index (χ4n) is 1.72. The van der Waals surface area contributed by atoms with Gasteiger partial charge in [-0.25, -0.2) is 4.98 Å². The average molecular weight is 466 g/mol. The lowest BCUT2D eigenvalue weighted by atomic mass is 10.2. The van der Waals surface area contributed by atoms with Crippen LogP contribution in [0.15, 0.2) is 34.3 Å². The molecular formula is C14H15IN2O4S2. The fourth-order valence-corrected chi connectivity index (χ4v) is 3.76. The lowest BCUT2D eigenvalue weighted by molar-refractivity contribution is 0.297. The summed E-state index contributed by atoms with van der Waals surface area (Å²) in [5.41, 5.74) is 1.51. The summed E-state index contributed by atoms with van der Waals surface area (Å²) in [6, 6.07) is 6.38. The van der Waals surface area contributed by atoms with E-state index in [1.165, 1.54) is 23.9 Å². The van der Waals surface area contributed by atoms with Crippen LogP contribution >= 0.6 is 34.4 Å². The van der Waals surface area contributed by atoms with Gasteiger partial charge in [-0.3, -0.25) is 0 Å². The number of aliphatic hydroxyl groups excluding tert-OH is 1. The minimum Gasteiger partial charge on any atom is -0.396 e. The Bertz CT molecular complexity index is 795. The zero-order valence-corrected chi connectivity index (χ0v) is 16.3. The highest BCUT2D eigenvalue weighted by molar-refractivity contribution is 14.1. The number of thioether (sulfide) groups is 1. The zero-order valence-electron chi connectivity index (χ0n) is 12.5. The summed E-state index contributed by atoms with van der Waals surface area (Å²) >= 11 is 3.20. The quantitative estimate of drug-likeness (QED) is 0.303. The second-order valence-electron chi connectivity index (χ2n) is 4.60. The monoisotopic (exact) mass is 466 g/mol. The van der Waals surface area contributed by atoms with Crippen molar-refractivity contribution in [3.8, 4) is 5.88 Å². The second kappa shape index (κ2) is 7.77. The normalized spacial score (nSPS) is 11.5. The van der Waals surface area contributed by atoms with Gasteiger partial charge in [-0.05, 0) is 47.9 Å². The highest BCUT2D eigenvalue weighted by atomic mass is 127. The van der Waals surface area contributed by atoms with Gasteiger partial charge in [-0.2, -0.15) is 13.4 Å². The first-order chi connectivity index (χ1) is 10.9. The van der Waals surface area contributed by atoms with Crippen LogP contribution < -0.4 is 4.18 Å². The van der Waals surface area contributed by atoms with Gasteiger partial charge in [0.25, 0.3) is 5.88 Å². The highest BCUT2D eigenvalue weighted by Gasteiger charge is 2.22. The van der Waals surface area contributed by atoms with Crippen LogP contribution in [0.5, 0.6) is 5.88 Å². The third-order valence-electron chi connectivity index (χ3n) is 2.90. The van der Waals surface area contributed by atoms with E-state index in [1.807, 2.05) is 29.5 Å². The number of aryl methyl sites for hydroxylation is 1. The Kier molecular flexibility index (Phi) is 6.23. The summed E-state index contributed by atoms with van der Waals surface area (Å²) in [6.45, 7) is 1.78. The van der Waals surface area contributed by atoms with Crippen molar-refractivity contribution in [2.45, 2.75) is 23.4 Å². The molecule has 23 heavy (non-hydrogen) atoms. The van der Waals surface area contributed by atoms with Crippen LogP contribution in [0, 0.1) is 10.5 Å². The zero-order chi connectivity index (χ0) is 17.0. The van der Waals surface area contributed by atoms with E-state index in [9.17, 15) is 8.42 Å². The van der Waals surface area contributed by atoms with Gasteiger partial charge in [0.1, 0.15) is 4.90 Å². The van der Waals surface area contributed by atoms with Gasteiger partial charge in [0.2, 0.25) is 0 Å². The fraction of sp³-hybridized carbons (Fsp3) is 0.286. The number of nitrogens with zero attached hydrogens (tertiary/aromatic N) is 2. The number of hydrogen-bond acceptors (Lipinski definition) is 7. The first kappa shape index (κ1) is 18.4. The van der Waals surface area contributed by atoms with Crippen molar-refractivity contribution in [3.63, 3.8) is 0 Å². The van der Waals surface area contributed by atoms with Crippen molar-refractivity contribution in [1.29, 1.82) is 0 Å². The van der Waals surface area contributed by atoms with Crippen molar-refractivity contribution in [2.75, 3.05) is 12.9 Å². The van der Waals surface area contributed by atoms with E-state index in [2.05, 4.69) is 9.97 Å². The van der Waals surface area contributed by atoms with Gasteiger partial charge < -0.3 is 9.29 Å². The van der Waals surface area contributed by atoms with Crippen molar-refractivity contribution in [1.82, 2.24) is 9.97 Å². The molecule has 0 bridgehead atoms. The van der Waals surface area contributed by atoms with E-state index < -0.39 is 10.1 Å². The van der Waals surface area contributed by atoms with Gasteiger partial charge in [-0.1, -0.05) is 29.5 Å². The Morgan fingerprint density at radius 2 is 1.91 bits per heavy atom. The molecule has 124 valence electrons. The van der Waals surface area contributed by atoms with Gasteiger partial charge in [-0.15, -0.1) is 0 Å². The van der Waals surface area contributed by atoms with Gasteiger partial charge in [0, 0.05) is 13.0 Å². The second-order valence-corrected chi connectivity index (χ2v) is 8.00. The Labute approximate surface area is 153 Å². The minimum absolute atomic E-state index is 0.0195. The molecule has 0 atom stereocenters. The minimum atomic E-state index is -3.98. The number of aromatic nitrogens is 2. The highest BCUT2D eigenvalue weighted by Crippen LogP contribution is 2.27. The molecule has 0 fully saturated rings. The predicted octanol–water partition coefficient (Wildman–Crippen LogP) is 2.41. The number of aliphatic hydroxyl groups is 1. The smallest absolute Gasteiger partial charge is 0.340 e. The van der Waals surface area contributed by atoms with Crippen LogP contribution in [0.1, 0.15) is 11.3 Å². The number of rotatable bonds is 6. The van der Waals surface area contributed by atoms with Crippen LogP contribution in [-0.4, -0.2) is 36.4 Å². The molecule has 1 aromatic carbocycles. The number of hydrogen-bond donors (Lipinski definition) is 1. The summed E-state index contributed by atoms with van der Waals surface area (Å²) in [4.78, 5) is 8.45. The summed E-state index contributed by atoms with van der Waals surface area (Å²) in [6.07, 6.45) is 2.08. The molecule has 0 aliphatic carbocycles. The average Bonchev–Trinajstić information content (AvgIpc) is 2.51. The summed E-state index contributed by atoms with van der Waals surface area (Å²) < 4.78 is 30.5. The molecule has 1 aromatic heterocycles. The Morgan fingerprint density at radius 3 is 2.48 bits per heavy atom. The summed E-state index contributed by atoms with van der Waals surface area (Å²) in [7, 11) is -3.98. The third kappa shape index (κ3) is 4.55. The van der Waals surface area contributed by atoms with Crippen LogP contribution in [0.25, 0.3) is 0 Å². The van der Waals surface area contributed by atoms with Crippen LogP contribution in [0.2, 0.25) is 0 Å². The Hall–Kier alpha value is -0.910. The SMILES string of the molecule is CSc1nc(CCO)c(I)c(OS(=O)(=O)c2ccc(C)cc2)n1. The van der Waals surface area contributed by atoms with Crippen molar-refractivity contribution in [3.05, 3.63) is 39.1 Å². The van der Waals surface area contributed by atoms with Crippen molar-refractivity contribution in [2.24, 2.45) is 0 Å². The molecule has 0 spiro atoms. The first-order valence-electron chi connectivity index (χ1n) is 6.60. The Balaban J connectivity index is 2.42. The molecule has 0 saturated carbocycles. The molecule has 0 saturated heterocycles. The molecule has 9 heteroatoms. The summed E-state index contributed by atoms with van der Waals surface area (Å²) in [5, 5.41) is 9.50. The van der Waals surface area contributed by atoms with Gasteiger partial charge in [0.05, 0.1) is 9.26 Å². The molecule has 0 radical (unpaired) electrons.